The van der Waals surface area contributed by atoms with Gasteiger partial charge in [-0.2, -0.15) is 0 Å². The fraction of sp³-hybridized carbons (Fsp3) is 1.00. The summed E-state index contributed by atoms with van der Waals surface area (Å²) in [6, 6.07) is 0. The Bertz CT molecular complexity index is 362. The van der Waals surface area contributed by atoms with Crippen molar-refractivity contribution in [1.82, 2.24) is 0 Å². The Morgan fingerprint density at radius 3 is 0.811 bits per heavy atom. The van der Waals surface area contributed by atoms with Crippen molar-refractivity contribution < 1.29 is 47.4 Å². The summed E-state index contributed by atoms with van der Waals surface area (Å²) < 4.78 is 54.2. The Morgan fingerprint density at radius 2 is 0.541 bits per heavy atom. The maximum atomic E-state index is 5.64. The van der Waals surface area contributed by atoms with E-state index in [1.54, 1.807) is 0 Å². The van der Waals surface area contributed by atoms with Crippen molar-refractivity contribution in [3.63, 3.8) is 0 Å². The zero-order valence-corrected chi connectivity index (χ0v) is 23.9. The maximum Gasteiger partial charge on any atom is 0.0701 e. The van der Waals surface area contributed by atoms with Gasteiger partial charge in [0.05, 0.1) is 119 Å². The van der Waals surface area contributed by atoms with Crippen LogP contribution in [0.3, 0.4) is 0 Å². The van der Waals surface area contributed by atoms with Crippen molar-refractivity contribution in [2.45, 2.75) is 32.6 Å². The minimum absolute atomic E-state index is 0.529. The van der Waals surface area contributed by atoms with E-state index in [9.17, 15) is 0 Å². The molecule has 0 saturated heterocycles. The zero-order chi connectivity index (χ0) is 26.7. The predicted molar refractivity (Wildman–Crippen MR) is 143 cm³/mol. The molecule has 0 aromatic heterocycles. The molecule has 0 atom stereocenters. The van der Waals surface area contributed by atoms with Crippen LogP contribution in [0.5, 0.6) is 0 Å². The summed E-state index contributed by atoms with van der Waals surface area (Å²) in [5.41, 5.74) is 0. The van der Waals surface area contributed by atoms with Crippen LogP contribution in [0.4, 0.5) is 0 Å². The van der Waals surface area contributed by atoms with Crippen LogP contribution < -0.4 is 0 Å². The van der Waals surface area contributed by atoms with Crippen molar-refractivity contribution in [2.75, 3.05) is 138 Å². The van der Waals surface area contributed by atoms with Gasteiger partial charge in [-0.05, 0) is 19.8 Å². The molecule has 0 rings (SSSR count). The number of unbranched alkanes of at least 4 members (excludes halogenated alkanes) is 3. The van der Waals surface area contributed by atoms with Gasteiger partial charge in [-0.1, -0.05) is 12.8 Å². The van der Waals surface area contributed by atoms with Crippen LogP contribution in [0.1, 0.15) is 32.6 Å². The van der Waals surface area contributed by atoms with E-state index in [-0.39, 0.29) is 0 Å². The monoisotopic (exact) mass is 560 g/mol. The van der Waals surface area contributed by atoms with Crippen molar-refractivity contribution in [3.05, 3.63) is 0 Å². The van der Waals surface area contributed by atoms with Crippen molar-refractivity contribution in [3.8, 4) is 0 Å². The molecule has 0 unspecified atom stereocenters. The highest BCUT2D eigenvalue weighted by atomic mass is 35.5. The van der Waals surface area contributed by atoms with Gasteiger partial charge in [0.1, 0.15) is 0 Å². The minimum Gasteiger partial charge on any atom is -0.379 e. The Hall–Kier alpha value is -0.110. The molecule has 224 valence electrons. The lowest BCUT2D eigenvalue weighted by Crippen LogP contribution is -2.15. The minimum atomic E-state index is 0.529. The topological polar surface area (TPSA) is 92.3 Å². The Morgan fingerprint density at radius 1 is 0.297 bits per heavy atom. The molecule has 10 nitrogen and oxygen atoms in total. The van der Waals surface area contributed by atoms with Gasteiger partial charge >= 0.3 is 0 Å². The van der Waals surface area contributed by atoms with Crippen LogP contribution in [0, 0.1) is 0 Å². The van der Waals surface area contributed by atoms with Gasteiger partial charge < -0.3 is 47.4 Å². The van der Waals surface area contributed by atoms with E-state index in [4.69, 9.17) is 59.0 Å². The number of alkyl halides is 1. The van der Waals surface area contributed by atoms with Gasteiger partial charge in [-0.3, -0.25) is 0 Å². The van der Waals surface area contributed by atoms with E-state index >= 15 is 0 Å². The normalized spacial score (nSPS) is 11.5. The van der Waals surface area contributed by atoms with Crippen LogP contribution >= 0.6 is 11.6 Å². The fourth-order valence-electron chi connectivity index (χ4n) is 2.78. The number of rotatable bonds is 34. The Balaban J connectivity index is 3.00. The second-order valence-corrected chi connectivity index (χ2v) is 8.19. The smallest absolute Gasteiger partial charge is 0.0701 e. The molecule has 0 aliphatic rings. The lowest BCUT2D eigenvalue weighted by Gasteiger charge is -2.09. The molecule has 0 aromatic carbocycles. The fourth-order valence-corrected chi connectivity index (χ4v) is 2.96. The summed E-state index contributed by atoms with van der Waals surface area (Å²) in [4.78, 5) is 0. The third-order valence-corrected chi connectivity index (χ3v) is 4.99. The predicted octanol–water partition coefficient (Wildman–Crippen LogP) is 2.97. The zero-order valence-electron chi connectivity index (χ0n) is 23.1. The SMILES string of the molecule is CCOCCOCCOCCOCCOCCOCCOCCOCCOCCOCCCCCCCl. The number of ether oxygens (including phenoxy) is 10. The summed E-state index contributed by atoms with van der Waals surface area (Å²) in [7, 11) is 0. The molecule has 0 bridgehead atoms. The lowest BCUT2D eigenvalue weighted by atomic mass is 10.2. The van der Waals surface area contributed by atoms with Gasteiger partial charge in [0, 0.05) is 19.1 Å². The van der Waals surface area contributed by atoms with Gasteiger partial charge in [0.15, 0.2) is 0 Å². The highest BCUT2D eigenvalue weighted by Gasteiger charge is 1.96. The standard InChI is InChI=1S/C26H53ClO10/c1-2-28-9-10-30-13-14-32-17-18-34-21-22-36-25-26-37-24-23-35-20-19-33-16-15-31-12-11-29-8-6-4-3-5-7-27/h2-26H2,1H3. The second kappa shape index (κ2) is 35.9. The Labute approximate surface area is 229 Å². The molecule has 0 aromatic rings. The summed E-state index contributed by atoms with van der Waals surface area (Å²) in [5.74, 6) is 0.747. The highest BCUT2D eigenvalue weighted by Crippen LogP contribution is 2.01. The maximum absolute atomic E-state index is 5.64. The van der Waals surface area contributed by atoms with Crippen LogP contribution in [0.15, 0.2) is 0 Å². The second-order valence-electron chi connectivity index (χ2n) is 7.81. The summed E-state index contributed by atoms with van der Waals surface area (Å²) in [5, 5.41) is 0. The average Bonchev–Trinajstić information content (AvgIpc) is 2.91. The van der Waals surface area contributed by atoms with E-state index in [1.807, 2.05) is 6.92 Å². The van der Waals surface area contributed by atoms with Crippen molar-refractivity contribution in [2.24, 2.45) is 0 Å². The molecule has 0 heterocycles. The lowest BCUT2D eigenvalue weighted by molar-refractivity contribution is -0.0263. The van der Waals surface area contributed by atoms with Crippen LogP contribution in [-0.4, -0.2) is 138 Å². The summed E-state index contributed by atoms with van der Waals surface area (Å²) in [6.45, 7) is 13.5. The van der Waals surface area contributed by atoms with Gasteiger partial charge in [-0.25, -0.2) is 0 Å². The molecule has 0 spiro atoms. The van der Waals surface area contributed by atoms with E-state index in [2.05, 4.69) is 0 Å². The quantitative estimate of drug-likeness (QED) is 0.0863. The van der Waals surface area contributed by atoms with Crippen LogP contribution in [-0.2, 0) is 47.4 Å². The number of hydrogen-bond acceptors (Lipinski definition) is 10. The number of halogens is 1. The third-order valence-electron chi connectivity index (χ3n) is 4.72. The summed E-state index contributed by atoms with van der Waals surface area (Å²) >= 11 is 5.64. The van der Waals surface area contributed by atoms with Crippen LogP contribution in [0.25, 0.3) is 0 Å². The molecule has 0 radical (unpaired) electrons. The van der Waals surface area contributed by atoms with Crippen molar-refractivity contribution >= 4 is 11.6 Å². The van der Waals surface area contributed by atoms with Gasteiger partial charge in [-0.15, -0.1) is 11.6 Å². The summed E-state index contributed by atoms with van der Waals surface area (Å²) in [6.07, 6.45) is 4.52. The van der Waals surface area contributed by atoms with E-state index in [1.165, 1.54) is 12.8 Å². The van der Waals surface area contributed by atoms with Gasteiger partial charge in [0.25, 0.3) is 0 Å². The average molecular weight is 561 g/mol. The number of hydrogen-bond donors (Lipinski definition) is 0. The first kappa shape index (κ1) is 36.9. The van der Waals surface area contributed by atoms with Crippen LogP contribution in [0.2, 0.25) is 0 Å². The molecule has 0 amide bonds. The van der Waals surface area contributed by atoms with Crippen molar-refractivity contribution in [1.29, 1.82) is 0 Å². The third kappa shape index (κ3) is 35.9. The molecule has 0 aliphatic heterocycles. The molecule has 0 saturated carbocycles. The first-order valence-corrected chi connectivity index (χ1v) is 14.3. The molecule has 37 heavy (non-hydrogen) atoms. The molecule has 0 aliphatic carbocycles. The highest BCUT2D eigenvalue weighted by molar-refractivity contribution is 6.17. The molecule has 11 heteroatoms. The van der Waals surface area contributed by atoms with Gasteiger partial charge in [0.2, 0.25) is 0 Å². The molecular formula is C26H53ClO10. The molecular weight excluding hydrogens is 508 g/mol. The van der Waals surface area contributed by atoms with E-state index < -0.39 is 0 Å². The Kier molecular flexibility index (Phi) is 35.8. The van der Waals surface area contributed by atoms with E-state index in [0.29, 0.717) is 126 Å². The first-order valence-electron chi connectivity index (χ1n) is 13.7. The first-order chi connectivity index (χ1) is 18.4. The largest absolute Gasteiger partial charge is 0.379 e. The molecule has 0 N–H and O–H groups in total. The van der Waals surface area contributed by atoms with E-state index in [0.717, 1.165) is 25.3 Å². The molecule has 0 fully saturated rings.